The van der Waals surface area contributed by atoms with Crippen LogP contribution in [0.2, 0.25) is 0 Å². The van der Waals surface area contributed by atoms with Crippen molar-refractivity contribution in [2.75, 3.05) is 0 Å². The molecule has 0 heterocycles. The first-order valence-corrected chi connectivity index (χ1v) is 5.48. The Kier molecular flexibility index (Phi) is 4.26. The maximum absolute atomic E-state index is 10.5. The van der Waals surface area contributed by atoms with Gasteiger partial charge in [-0.25, -0.2) is 0 Å². The minimum absolute atomic E-state index is 0.465. The Morgan fingerprint density at radius 2 is 1.65 bits per heavy atom. The molecule has 0 aliphatic carbocycles. The maximum atomic E-state index is 10.5. The molecule has 0 aliphatic heterocycles. The van der Waals surface area contributed by atoms with E-state index in [0.29, 0.717) is 5.56 Å². The number of carboxylic acids is 1. The van der Waals surface area contributed by atoms with Gasteiger partial charge in [0.05, 0.1) is 12.5 Å². The molecule has 0 aliphatic rings. The smallest absolute Gasteiger partial charge is 0.306 e. The van der Waals surface area contributed by atoms with Crippen LogP contribution in [0.5, 0.6) is 0 Å². The van der Waals surface area contributed by atoms with Gasteiger partial charge < -0.3 is 15.3 Å². The zero-order chi connectivity index (χ0) is 13.2. The summed E-state index contributed by atoms with van der Waals surface area (Å²) in [6.07, 6.45) is -2.91. The van der Waals surface area contributed by atoms with Crippen molar-refractivity contribution in [2.24, 2.45) is 0 Å². The fraction of sp³-hybridized carbons (Fsp3) is 0.462. The first-order valence-electron chi connectivity index (χ1n) is 5.48. The summed E-state index contributed by atoms with van der Waals surface area (Å²) < 4.78 is 0. The molecule has 94 valence electrons. The lowest BCUT2D eigenvalue weighted by Gasteiger charge is -2.19. The van der Waals surface area contributed by atoms with E-state index < -0.39 is 24.6 Å². The first-order chi connectivity index (χ1) is 7.82. The summed E-state index contributed by atoms with van der Waals surface area (Å²) in [5, 5.41) is 28.1. The lowest BCUT2D eigenvalue weighted by Crippen LogP contribution is -2.22. The number of carbonyl (C=O) groups is 1. The summed E-state index contributed by atoms with van der Waals surface area (Å²) in [6.45, 7) is 5.71. The van der Waals surface area contributed by atoms with Crippen LogP contribution >= 0.6 is 0 Å². The van der Waals surface area contributed by atoms with Crippen LogP contribution in [0.4, 0.5) is 0 Å². The molecule has 0 aromatic heterocycles. The standard InChI is InChI=1S/C13H18O4/c1-7-4-9(3)10(5-8(7)2)13(17)11(14)6-12(15)16/h4-5,11,13-14,17H,6H2,1-3H3,(H,15,16). The molecule has 0 saturated heterocycles. The molecule has 3 N–H and O–H groups in total. The minimum Gasteiger partial charge on any atom is -0.481 e. The van der Waals surface area contributed by atoms with E-state index in [1.54, 1.807) is 6.07 Å². The van der Waals surface area contributed by atoms with Crippen molar-refractivity contribution in [3.8, 4) is 0 Å². The summed E-state index contributed by atoms with van der Waals surface area (Å²) in [5.74, 6) is -1.13. The van der Waals surface area contributed by atoms with Gasteiger partial charge in [0.15, 0.2) is 0 Å². The van der Waals surface area contributed by atoms with Crippen LogP contribution in [0, 0.1) is 20.8 Å². The van der Waals surface area contributed by atoms with Crippen LogP contribution in [0.25, 0.3) is 0 Å². The molecular formula is C13H18O4. The Balaban J connectivity index is 2.99. The fourth-order valence-corrected chi connectivity index (χ4v) is 1.80. The van der Waals surface area contributed by atoms with Crippen molar-refractivity contribution in [1.29, 1.82) is 0 Å². The Morgan fingerprint density at radius 1 is 1.12 bits per heavy atom. The molecule has 17 heavy (non-hydrogen) atoms. The predicted molar refractivity (Wildman–Crippen MR) is 63.9 cm³/mol. The number of aliphatic hydroxyl groups is 2. The molecule has 2 atom stereocenters. The average Bonchev–Trinajstić information content (AvgIpc) is 2.21. The molecule has 1 aromatic rings. The van der Waals surface area contributed by atoms with Gasteiger partial charge in [0.2, 0.25) is 0 Å². The summed E-state index contributed by atoms with van der Waals surface area (Å²) >= 11 is 0. The molecule has 4 heteroatoms. The number of carboxylic acid groups (broad SMARTS) is 1. The van der Waals surface area contributed by atoms with Crippen LogP contribution in [0.1, 0.15) is 34.8 Å². The highest BCUT2D eigenvalue weighted by Gasteiger charge is 2.22. The quantitative estimate of drug-likeness (QED) is 0.742. The number of hydrogen-bond donors (Lipinski definition) is 3. The van der Waals surface area contributed by atoms with Gasteiger partial charge in [-0.3, -0.25) is 4.79 Å². The lowest BCUT2D eigenvalue weighted by atomic mass is 9.94. The maximum Gasteiger partial charge on any atom is 0.306 e. The van der Waals surface area contributed by atoms with Crippen LogP contribution < -0.4 is 0 Å². The second-order valence-electron chi connectivity index (χ2n) is 4.40. The third kappa shape index (κ3) is 3.28. The van der Waals surface area contributed by atoms with E-state index in [0.717, 1.165) is 16.7 Å². The molecule has 1 rings (SSSR count). The van der Waals surface area contributed by atoms with Gasteiger partial charge >= 0.3 is 5.97 Å². The molecule has 0 radical (unpaired) electrons. The normalized spacial score (nSPS) is 14.4. The summed E-state index contributed by atoms with van der Waals surface area (Å²) in [5.41, 5.74) is 3.55. The molecule has 1 aromatic carbocycles. The van der Waals surface area contributed by atoms with Gasteiger partial charge in [-0.05, 0) is 43.0 Å². The number of aliphatic carboxylic acids is 1. The van der Waals surface area contributed by atoms with Gasteiger partial charge in [-0.1, -0.05) is 12.1 Å². The van der Waals surface area contributed by atoms with E-state index in [2.05, 4.69) is 0 Å². The number of benzene rings is 1. The van der Waals surface area contributed by atoms with Gasteiger partial charge in [-0.15, -0.1) is 0 Å². The van der Waals surface area contributed by atoms with Gasteiger partial charge in [0, 0.05) is 0 Å². The highest BCUT2D eigenvalue weighted by molar-refractivity contribution is 5.67. The van der Waals surface area contributed by atoms with Crippen molar-refractivity contribution in [3.63, 3.8) is 0 Å². The topological polar surface area (TPSA) is 77.8 Å². The van der Waals surface area contributed by atoms with E-state index in [1.807, 2.05) is 26.8 Å². The molecule has 4 nitrogen and oxygen atoms in total. The van der Waals surface area contributed by atoms with Gasteiger partial charge in [-0.2, -0.15) is 0 Å². The molecule has 0 fully saturated rings. The highest BCUT2D eigenvalue weighted by Crippen LogP contribution is 2.25. The lowest BCUT2D eigenvalue weighted by molar-refractivity contribution is -0.141. The Morgan fingerprint density at radius 3 is 2.18 bits per heavy atom. The van der Waals surface area contributed by atoms with Crippen molar-refractivity contribution in [1.82, 2.24) is 0 Å². The summed E-state index contributed by atoms with van der Waals surface area (Å²) in [6, 6.07) is 3.71. The van der Waals surface area contributed by atoms with E-state index in [4.69, 9.17) is 5.11 Å². The van der Waals surface area contributed by atoms with Gasteiger partial charge in [0.25, 0.3) is 0 Å². The van der Waals surface area contributed by atoms with Crippen LogP contribution in [-0.2, 0) is 4.79 Å². The zero-order valence-corrected chi connectivity index (χ0v) is 10.3. The molecule has 0 saturated carbocycles. The van der Waals surface area contributed by atoms with E-state index in [9.17, 15) is 15.0 Å². The first kappa shape index (κ1) is 13.7. The highest BCUT2D eigenvalue weighted by atomic mass is 16.4. The summed E-state index contributed by atoms with van der Waals surface area (Å²) in [7, 11) is 0. The number of rotatable bonds is 4. The van der Waals surface area contributed by atoms with Crippen molar-refractivity contribution >= 4 is 5.97 Å². The third-order valence-corrected chi connectivity index (χ3v) is 2.95. The second kappa shape index (κ2) is 5.29. The van der Waals surface area contributed by atoms with Crippen LogP contribution in [0.15, 0.2) is 12.1 Å². The zero-order valence-electron chi connectivity index (χ0n) is 10.3. The molecule has 0 bridgehead atoms. The van der Waals surface area contributed by atoms with Crippen molar-refractivity contribution < 1.29 is 20.1 Å². The number of aryl methyl sites for hydroxylation is 3. The van der Waals surface area contributed by atoms with Crippen LogP contribution in [-0.4, -0.2) is 27.4 Å². The Bertz CT molecular complexity index is 426. The Hall–Kier alpha value is -1.39. The Labute approximate surface area is 101 Å². The fourth-order valence-electron chi connectivity index (χ4n) is 1.80. The average molecular weight is 238 g/mol. The van der Waals surface area contributed by atoms with E-state index >= 15 is 0 Å². The van der Waals surface area contributed by atoms with Gasteiger partial charge in [0.1, 0.15) is 6.10 Å². The molecule has 0 amide bonds. The molecule has 0 spiro atoms. The second-order valence-corrected chi connectivity index (χ2v) is 4.40. The van der Waals surface area contributed by atoms with E-state index in [-0.39, 0.29) is 0 Å². The summed E-state index contributed by atoms with van der Waals surface area (Å²) in [4.78, 5) is 10.5. The number of aliphatic hydroxyl groups excluding tert-OH is 2. The minimum atomic E-state index is -1.28. The number of hydrogen-bond acceptors (Lipinski definition) is 3. The van der Waals surface area contributed by atoms with Crippen molar-refractivity contribution in [2.45, 2.75) is 39.4 Å². The van der Waals surface area contributed by atoms with E-state index in [1.165, 1.54) is 0 Å². The molecule has 2 unspecified atom stereocenters. The predicted octanol–water partition coefficient (Wildman–Crippen LogP) is 1.48. The van der Waals surface area contributed by atoms with Crippen LogP contribution in [0.3, 0.4) is 0 Å². The SMILES string of the molecule is Cc1cc(C)c(C(O)C(O)CC(=O)O)cc1C. The largest absolute Gasteiger partial charge is 0.481 e. The third-order valence-electron chi connectivity index (χ3n) is 2.95. The monoisotopic (exact) mass is 238 g/mol. The molecular weight excluding hydrogens is 220 g/mol. The van der Waals surface area contributed by atoms with Crippen molar-refractivity contribution in [3.05, 3.63) is 34.4 Å².